The summed E-state index contributed by atoms with van der Waals surface area (Å²) in [7, 11) is 1.37. The van der Waals surface area contributed by atoms with Gasteiger partial charge in [-0.3, -0.25) is 4.79 Å². The molecule has 0 aliphatic heterocycles. The number of aliphatic hydroxyl groups is 1. The summed E-state index contributed by atoms with van der Waals surface area (Å²) in [6.07, 6.45) is 0.204. The third-order valence-corrected chi connectivity index (χ3v) is 1.59. The molecule has 0 spiro atoms. The normalized spacial score (nSPS) is 12.5. The first-order valence-electron chi connectivity index (χ1n) is 3.74. The van der Waals surface area contributed by atoms with E-state index in [1.807, 2.05) is 0 Å². The van der Waals surface area contributed by atoms with Gasteiger partial charge in [0, 0.05) is 12.6 Å². The molecular formula is C8H11NO4. The predicted octanol–water partition coefficient (Wildman–Crippen LogP) is -0.359. The first-order valence-corrected chi connectivity index (χ1v) is 3.74. The van der Waals surface area contributed by atoms with Crippen LogP contribution in [0.3, 0.4) is 0 Å². The monoisotopic (exact) mass is 185 g/mol. The highest BCUT2D eigenvalue weighted by molar-refractivity contribution is 5.18. The van der Waals surface area contributed by atoms with Crippen LogP contribution in [-0.4, -0.2) is 18.8 Å². The van der Waals surface area contributed by atoms with Crippen LogP contribution in [-0.2, 0) is 0 Å². The molecule has 0 amide bonds. The fourth-order valence-electron chi connectivity index (χ4n) is 0.854. The molecule has 0 saturated carbocycles. The number of hydrogen-bond donors (Lipinski definition) is 2. The zero-order valence-corrected chi connectivity index (χ0v) is 7.19. The third-order valence-electron chi connectivity index (χ3n) is 1.59. The number of hydrogen-bond acceptors (Lipinski definition) is 5. The number of nitrogens with two attached hydrogens (primary N) is 1. The lowest BCUT2D eigenvalue weighted by Crippen LogP contribution is -2.14. The van der Waals surface area contributed by atoms with Crippen LogP contribution in [0.25, 0.3) is 0 Å². The predicted molar refractivity (Wildman–Crippen MR) is 45.5 cm³/mol. The van der Waals surface area contributed by atoms with E-state index in [0.29, 0.717) is 0 Å². The Morgan fingerprint density at radius 3 is 2.92 bits per heavy atom. The van der Waals surface area contributed by atoms with Crippen molar-refractivity contribution < 1.29 is 14.3 Å². The second-order valence-electron chi connectivity index (χ2n) is 2.47. The van der Waals surface area contributed by atoms with Crippen LogP contribution in [0.1, 0.15) is 11.9 Å². The average Bonchev–Trinajstić information content (AvgIpc) is 2.16. The SMILES string of the molecule is COc1coc([C@H](O)CN)cc1=O. The molecule has 0 aromatic carbocycles. The number of ether oxygens (including phenoxy) is 1. The molecule has 5 heteroatoms. The molecule has 0 bridgehead atoms. The van der Waals surface area contributed by atoms with Gasteiger partial charge < -0.3 is 20.0 Å². The van der Waals surface area contributed by atoms with Gasteiger partial charge in [-0.25, -0.2) is 0 Å². The zero-order chi connectivity index (χ0) is 9.84. The molecule has 0 saturated heterocycles. The molecule has 1 aromatic heterocycles. The van der Waals surface area contributed by atoms with Gasteiger partial charge in [0.05, 0.1) is 7.11 Å². The smallest absolute Gasteiger partial charge is 0.227 e. The van der Waals surface area contributed by atoms with E-state index in [0.717, 1.165) is 12.3 Å². The van der Waals surface area contributed by atoms with Crippen molar-refractivity contribution in [2.24, 2.45) is 5.73 Å². The molecule has 0 aliphatic carbocycles. The minimum absolute atomic E-state index is 0.00920. The Balaban J connectivity index is 3.03. The van der Waals surface area contributed by atoms with Crippen molar-refractivity contribution in [3.63, 3.8) is 0 Å². The van der Waals surface area contributed by atoms with Gasteiger partial charge in [0.2, 0.25) is 11.2 Å². The fourth-order valence-corrected chi connectivity index (χ4v) is 0.854. The molecule has 1 aromatic rings. The summed E-state index contributed by atoms with van der Waals surface area (Å²) in [6.45, 7) is 0.00920. The van der Waals surface area contributed by atoms with E-state index >= 15 is 0 Å². The topological polar surface area (TPSA) is 85.7 Å². The fraction of sp³-hybridized carbons (Fsp3) is 0.375. The minimum atomic E-state index is -0.946. The Morgan fingerprint density at radius 2 is 2.46 bits per heavy atom. The van der Waals surface area contributed by atoms with Crippen LogP contribution in [0.5, 0.6) is 5.75 Å². The van der Waals surface area contributed by atoms with Crippen molar-refractivity contribution in [1.82, 2.24) is 0 Å². The van der Waals surface area contributed by atoms with Crippen LogP contribution in [0, 0.1) is 0 Å². The molecule has 1 rings (SSSR count). The van der Waals surface area contributed by atoms with Crippen LogP contribution < -0.4 is 15.9 Å². The molecule has 0 unspecified atom stereocenters. The third kappa shape index (κ3) is 2.07. The summed E-state index contributed by atoms with van der Waals surface area (Å²) in [4.78, 5) is 11.2. The van der Waals surface area contributed by atoms with Crippen molar-refractivity contribution in [1.29, 1.82) is 0 Å². The maximum absolute atomic E-state index is 11.2. The summed E-state index contributed by atoms with van der Waals surface area (Å²) in [6, 6.07) is 1.16. The van der Waals surface area contributed by atoms with Crippen LogP contribution >= 0.6 is 0 Å². The van der Waals surface area contributed by atoms with E-state index in [-0.39, 0.29) is 23.5 Å². The Morgan fingerprint density at radius 1 is 1.77 bits per heavy atom. The summed E-state index contributed by atoms with van der Waals surface area (Å²) < 4.78 is 9.62. The highest BCUT2D eigenvalue weighted by Gasteiger charge is 2.10. The van der Waals surface area contributed by atoms with E-state index < -0.39 is 6.10 Å². The highest BCUT2D eigenvalue weighted by atomic mass is 16.5. The van der Waals surface area contributed by atoms with Gasteiger partial charge in [-0.2, -0.15) is 0 Å². The maximum atomic E-state index is 11.2. The Hall–Kier alpha value is -1.33. The van der Waals surface area contributed by atoms with Crippen molar-refractivity contribution in [2.75, 3.05) is 13.7 Å². The van der Waals surface area contributed by atoms with Gasteiger partial charge in [-0.15, -0.1) is 0 Å². The van der Waals surface area contributed by atoms with Crippen molar-refractivity contribution in [2.45, 2.75) is 6.10 Å². The van der Waals surface area contributed by atoms with Crippen LogP contribution in [0.2, 0.25) is 0 Å². The number of rotatable bonds is 3. The molecule has 1 atom stereocenters. The maximum Gasteiger partial charge on any atom is 0.227 e. The van der Waals surface area contributed by atoms with Gasteiger partial charge in [0.1, 0.15) is 18.1 Å². The van der Waals surface area contributed by atoms with Crippen molar-refractivity contribution in [3.8, 4) is 5.75 Å². The van der Waals surface area contributed by atoms with Gasteiger partial charge in [0.15, 0.2) is 0 Å². The second kappa shape index (κ2) is 4.06. The minimum Gasteiger partial charge on any atom is -0.490 e. The van der Waals surface area contributed by atoms with Gasteiger partial charge in [-0.05, 0) is 0 Å². The van der Waals surface area contributed by atoms with E-state index in [4.69, 9.17) is 14.9 Å². The average molecular weight is 185 g/mol. The molecule has 1 heterocycles. The molecular weight excluding hydrogens is 174 g/mol. The van der Waals surface area contributed by atoms with Crippen molar-refractivity contribution in [3.05, 3.63) is 28.3 Å². The first kappa shape index (κ1) is 9.76. The summed E-state index contributed by atoms with van der Waals surface area (Å²) in [5.41, 5.74) is 4.84. The van der Waals surface area contributed by atoms with E-state index in [1.165, 1.54) is 7.11 Å². The number of aliphatic hydroxyl groups excluding tert-OH is 1. The zero-order valence-electron chi connectivity index (χ0n) is 7.19. The summed E-state index contributed by atoms with van der Waals surface area (Å²) in [5.74, 6) is 0.251. The molecule has 3 N–H and O–H groups in total. The summed E-state index contributed by atoms with van der Waals surface area (Å²) in [5, 5.41) is 9.22. The Labute approximate surface area is 74.7 Å². The largest absolute Gasteiger partial charge is 0.490 e. The van der Waals surface area contributed by atoms with Crippen LogP contribution in [0.15, 0.2) is 21.5 Å². The first-order chi connectivity index (χ1) is 6.19. The molecule has 0 fully saturated rings. The molecule has 72 valence electrons. The standard InChI is InChI=1S/C8H11NO4/c1-12-8-4-13-7(2-5(8)10)6(11)3-9/h2,4,6,11H,3,9H2,1H3/t6-/m1/s1. The van der Waals surface area contributed by atoms with Gasteiger partial charge >= 0.3 is 0 Å². The summed E-state index contributed by atoms with van der Waals surface area (Å²) >= 11 is 0. The lowest BCUT2D eigenvalue weighted by Gasteiger charge is -2.06. The lowest BCUT2D eigenvalue weighted by atomic mass is 10.2. The van der Waals surface area contributed by atoms with E-state index in [2.05, 4.69) is 0 Å². The Kier molecular flexibility index (Phi) is 3.05. The lowest BCUT2D eigenvalue weighted by molar-refractivity contribution is 0.154. The van der Waals surface area contributed by atoms with Crippen molar-refractivity contribution >= 4 is 0 Å². The Bertz CT molecular complexity index is 333. The van der Waals surface area contributed by atoms with E-state index in [1.54, 1.807) is 0 Å². The molecule has 0 radical (unpaired) electrons. The quantitative estimate of drug-likeness (QED) is 0.671. The molecule has 5 nitrogen and oxygen atoms in total. The molecule has 0 aliphatic rings. The van der Waals surface area contributed by atoms with E-state index in [9.17, 15) is 9.90 Å². The number of methoxy groups -OCH3 is 1. The molecule has 13 heavy (non-hydrogen) atoms. The van der Waals surface area contributed by atoms with Gasteiger partial charge in [0.25, 0.3) is 0 Å². The van der Waals surface area contributed by atoms with Gasteiger partial charge in [-0.1, -0.05) is 0 Å². The van der Waals surface area contributed by atoms with Crippen LogP contribution in [0.4, 0.5) is 0 Å². The highest BCUT2D eigenvalue weighted by Crippen LogP contribution is 2.11. The second-order valence-corrected chi connectivity index (χ2v) is 2.47.